The van der Waals surface area contributed by atoms with E-state index in [9.17, 15) is 18.9 Å². The van der Waals surface area contributed by atoms with Gasteiger partial charge in [-0.05, 0) is 38.1 Å². The minimum atomic E-state index is -1.17. The monoisotopic (exact) mass is 477 g/mol. The Hall–Kier alpha value is -3.11. The number of nitrogens with one attached hydrogen (secondary N) is 1. The Labute approximate surface area is 193 Å². The van der Waals surface area contributed by atoms with Gasteiger partial charge in [0.2, 0.25) is 0 Å². The van der Waals surface area contributed by atoms with Crippen LogP contribution < -0.4 is 10.1 Å². The van der Waals surface area contributed by atoms with Crippen LogP contribution in [0.2, 0.25) is 5.02 Å². The average molecular weight is 478 g/mol. The highest BCUT2D eigenvalue weighted by atomic mass is 35.5. The highest BCUT2D eigenvalue weighted by molar-refractivity contribution is 6.31. The van der Waals surface area contributed by atoms with Gasteiger partial charge in [-0.1, -0.05) is 18.5 Å². The minimum absolute atomic E-state index is 0.0109. The summed E-state index contributed by atoms with van der Waals surface area (Å²) in [6.45, 7) is 2.01. The fourth-order valence-corrected chi connectivity index (χ4v) is 4.28. The zero-order chi connectivity index (χ0) is 23.7. The van der Waals surface area contributed by atoms with Crippen molar-refractivity contribution in [1.29, 1.82) is 0 Å². The molecule has 1 aliphatic heterocycles. The largest absolute Gasteiger partial charge is 0.486 e. The van der Waals surface area contributed by atoms with E-state index in [1.807, 2.05) is 6.92 Å². The first-order valence-electron chi connectivity index (χ1n) is 10.4. The van der Waals surface area contributed by atoms with Crippen molar-refractivity contribution >= 4 is 39.7 Å². The van der Waals surface area contributed by atoms with Gasteiger partial charge < -0.3 is 10.1 Å². The third kappa shape index (κ3) is 4.67. The summed E-state index contributed by atoms with van der Waals surface area (Å²) in [5.74, 6) is -0.663. The molecule has 0 spiro atoms. The molecule has 33 heavy (non-hydrogen) atoms. The molecule has 174 valence electrons. The van der Waals surface area contributed by atoms with E-state index in [-0.39, 0.29) is 40.8 Å². The lowest BCUT2D eigenvalue weighted by Crippen LogP contribution is -2.31. The maximum absolute atomic E-state index is 14.6. The van der Waals surface area contributed by atoms with Crippen LogP contribution in [0.4, 0.5) is 26.0 Å². The number of nitro benzene ring substituents is 1. The second-order valence-electron chi connectivity index (χ2n) is 7.98. The number of nitro groups is 1. The predicted molar refractivity (Wildman–Crippen MR) is 121 cm³/mol. The molecule has 2 heterocycles. The smallest absolute Gasteiger partial charge is 0.311 e. The van der Waals surface area contributed by atoms with Crippen LogP contribution in [0.25, 0.3) is 10.9 Å². The van der Waals surface area contributed by atoms with Gasteiger partial charge in [-0.2, -0.15) is 0 Å². The highest BCUT2D eigenvalue weighted by Gasteiger charge is 2.39. The van der Waals surface area contributed by atoms with Crippen molar-refractivity contribution in [2.24, 2.45) is 5.92 Å². The maximum atomic E-state index is 14.6. The molecular formula is C22H22ClF2N5O3. The number of rotatable bonds is 7. The van der Waals surface area contributed by atoms with Crippen LogP contribution in [0.3, 0.4) is 0 Å². The van der Waals surface area contributed by atoms with E-state index in [0.717, 1.165) is 6.42 Å². The first-order valence-corrected chi connectivity index (χ1v) is 10.8. The van der Waals surface area contributed by atoms with Gasteiger partial charge in [0, 0.05) is 29.8 Å². The first kappa shape index (κ1) is 23.1. The van der Waals surface area contributed by atoms with E-state index >= 15 is 0 Å². The summed E-state index contributed by atoms with van der Waals surface area (Å²) in [6, 6.07) is 6.91. The lowest BCUT2D eigenvalue weighted by Gasteiger charge is -2.20. The zero-order valence-electron chi connectivity index (χ0n) is 18.0. The number of alkyl halides is 1. The predicted octanol–water partition coefficient (Wildman–Crippen LogP) is 5.48. The van der Waals surface area contributed by atoms with Gasteiger partial charge in [0.25, 0.3) is 0 Å². The molecule has 1 aromatic heterocycles. The fourth-order valence-electron chi connectivity index (χ4n) is 4.10. The standard InChI is InChI=1S/C22H22ClF2N5O3/c1-3-14-6-12(21(25)29(14)2)10-33-20-9-18-15(8-19(20)30(31)32)22(27-11-26-18)28-13-4-5-17(24)16(23)7-13/h4-5,7-9,11-12,14,21H,3,6,10H2,1-2H3,(H,26,27,28). The average Bonchev–Trinajstić information content (AvgIpc) is 3.07. The molecule has 0 bridgehead atoms. The summed E-state index contributed by atoms with van der Waals surface area (Å²) in [7, 11) is 1.73. The van der Waals surface area contributed by atoms with Gasteiger partial charge in [-0.3, -0.25) is 15.0 Å². The van der Waals surface area contributed by atoms with Crippen molar-refractivity contribution in [3.63, 3.8) is 0 Å². The van der Waals surface area contributed by atoms with Crippen LogP contribution in [0, 0.1) is 21.8 Å². The third-order valence-electron chi connectivity index (χ3n) is 5.95. The quantitative estimate of drug-likeness (QED) is 0.273. The summed E-state index contributed by atoms with van der Waals surface area (Å²) >= 11 is 5.83. The topological polar surface area (TPSA) is 93.4 Å². The Kier molecular flexibility index (Phi) is 6.57. The molecule has 0 aliphatic carbocycles. The Morgan fingerprint density at radius 3 is 2.79 bits per heavy atom. The summed E-state index contributed by atoms with van der Waals surface area (Å²) in [4.78, 5) is 21.2. The number of fused-ring (bicyclic) bond motifs is 1. The van der Waals surface area contributed by atoms with Crippen LogP contribution in [0.15, 0.2) is 36.7 Å². The molecule has 2 aromatic carbocycles. The number of hydrogen-bond acceptors (Lipinski definition) is 7. The normalized spacial score (nSPS) is 20.8. The molecule has 4 rings (SSSR count). The van der Waals surface area contributed by atoms with E-state index in [2.05, 4.69) is 15.3 Å². The molecule has 3 atom stereocenters. The lowest BCUT2D eigenvalue weighted by molar-refractivity contribution is -0.385. The minimum Gasteiger partial charge on any atom is -0.486 e. The van der Waals surface area contributed by atoms with Gasteiger partial charge in [0.1, 0.15) is 18.0 Å². The molecule has 8 nitrogen and oxygen atoms in total. The van der Waals surface area contributed by atoms with E-state index in [0.29, 0.717) is 23.0 Å². The van der Waals surface area contributed by atoms with Crippen molar-refractivity contribution in [3.8, 4) is 5.75 Å². The Morgan fingerprint density at radius 2 is 2.12 bits per heavy atom. The first-order chi connectivity index (χ1) is 15.8. The van der Waals surface area contributed by atoms with Gasteiger partial charge in [0.05, 0.1) is 27.5 Å². The number of benzene rings is 2. The molecule has 0 radical (unpaired) electrons. The second-order valence-corrected chi connectivity index (χ2v) is 8.38. The fraction of sp³-hybridized carbons (Fsp3) is 0.364. The van der Waals surface area contributed by atoms with Gasteiger partial charge >= 0.3 is 5.69 Å². The Morgan fingerprint density at radius 1 is 1.33 bits per heavy atom. The number of aromatic nitrogens is 2. The zero-order valence-corrected chi connectivity index (χ0v) is 18.7. The molecule has 11 heteroatoms. The van der Waals surface area contributed by atoms with Crippen LogP contribution in [0.1, 0.15) is 19.8 Å². The molecule has 0 saturated carbocycles. The second kappa shape index (κ2) is 9.40. The Bertz CT molecular complexity index is 1200. The molecule has 0 amide bonds. The maximum Gasteiger partial charge on any atom is 0.311 e. The van der Waals surface area contributed by atoms with Crippen LogP contribution in [-0.2, 0) is 0 Å². The summed E-state index contributed by atoms with van der Waals surface area (Å²) < 4.78 is 33.8. The number of hydrogen-bond donors (Lipinski definition) is 1. The highest BCUT2D eigenvalue weighted by Crippen LogP contribution is 2.37. The van der Waals surface area contributed by atoms with Crippen LogP contribution in [-0.4, -0.2) is 45.8 Å². The molecule has 1 aliphatic rings. The number of nitrogens with zero attached hydrogens (tertiary/aromatic N) is 4. The van der Waals surface area contributed by atoms with Gasteiger partial charge in [-0.15, -0.1) is 0 Å². The third-order valence-corrected chi connectivity index (χ3v) is 6.24. The molecule has 1 fully saturated rings. The molecule has 1 N–H and O–H groups in total. The van der Waals surface area contributed by atoms with Crippen molar-refractivity contribution in [3.05, 3.63) is 57.6 Å². The van der Waals surface area contributed by atoms with Crippen molar-refractivity contribution in [2.45, 2.75) is 32.1 Å². The van der Waals surface area contributed by atoms with Crippen molar-refractivity contribution in [2.75, 3.05) is 19.0 Å². The van der Waals surface area contributed by atoms with E-state index in [4.69, 9.17) is 16.3 Å². The summed E-state index contributed by atoms with van der Waals surface area (Å²) in [5, 5.41) is 15.0. The summed E-state index contributed by atoms with van der Waals surface area (Å²) in [5.41, 5.74) is 0.563. The van der Waals surface area contributed by atoms with E-state index in [1.165, 1.54) is 36.7 Å². The van der Waals surface area contributed by atoms with Crippen molar-refractivity contribution in [1.82, 2.24) is 14.9 Å². The lowest BCUT2D eigenvalue weighted by atomic mass is 10.0. The van der Waals surface area contributed by atoms with Gasteiger partial charge in [-0.25, -0.2) is 18.7 Å². The van der Waals surface area contributed by atoms with Gasteiger partial charge in [0.15, 0.2) is 12.0 Å². The molecular weight excluding hydrogens is 456 g/mol. The van der Waals surface area contributed by atoms with E-state index < -0.39 is 17.0 Å². The number of anilines is 2. The molecule has 3 unspecified atom stereocenters. The number of halogens is 3. The van der Waals surface area contributed by atoms with Crippen LogP contribution >= 0.6 is 11.6 Å². The molecule has 3 aromatic rings. The Balaban J connectivity index is 1.63. The SMILES string of the molecule is CCC1CC(COc2cc3ncnc(Nc4ccc(F)c(Cl)c4)c3cc2[N+](=O)[O-])C(F)N1C. The number of ether oxygens (including phenoxy) is 1. The van der Waals surface area contributed by atoms with E-state index in [1.54, 1.807) is 11.9 Å². The summed E-state index contributed by atoms with van der Waals surface area (Å²) in [6.07, 6.45) is 1.55. The number of likely N-dealkylation sites (tertiary alicyclic amines) is 1. The van der Waals surface area contributed by atoms with Crippen LogP contribution in [0.5, 0.6) is 5.75 Å². The van der Waals surface area contributed by atoms with Crippen molar-refractivity contribution < 1.29 is 18.4 Å². The molecule has 1 saturated heterocycles.